The molecule has 0 radical (unpaired) electrons. The summed E-state index contributed by atoms with van der Waals surface area (Å²) in [5.74, 6) is 3.08. The summed E-state index contributed by atoms with van der Waals surface area (Å²) in [6, 6.07) is -0.185. The summed E-state index contributed by atoms with van der Waals surface area (Å²) in [6.45, 7) is 5.11. The minimum absolute atomic E-state index is 0.0589. The van der Waals surface area contributed by atoms with Crippen LogP contribution in [-0.4, -0.2) is 24.5 Å². The molecule has 3 nitrogen and oxygen atoms in total. The van der Waals surface area contributed by atoms with Gasteiger partial charge in [-0.25, -0.2) is 0 Å². The molecule has 0 spiro atoms. The highest BCUT2D eigenvalue weighted by atomic mass is 16.2. The third kappa shape index (κ3) is 3.53. The fourth-order valence-corrected chi connectivity index (χ4v) is 2.15. The Balaban J connectivity index is 2.47. The maximum atomic E-state index is 12.0. The molecule has 2 N–H and O–H groups in total. The van der Waals surface area contributed by atoms with Gasteiger partial charge in [0.15, 0.2) is 0 Å². The first-order valence-electron chi connectivity index (χ1n) is 6.19. The number of terminal acetylenes is 1. The Labute approximate surface area is 98.4 Å². The van der Waals surface area contributed by atoms with Gasteiger partial charge >= 0.3 is 0 Å². The summed E-state index contributed by atoms with van der Waals surface area (Å²) < 4.78 is 0. The van der Waals surface area contributed by atoms with Gasteiger partial charge in [0.25, 0.3) is 0 Å². The summed E-state index contributed by atoms with van der Waals surface area (Å²) in [5, 5.41) is 6.19. The molecule has 16 heavy (non-hydrogen) atoms. The van der Waals surface area contributed by atoms with E-state index in [2.05, 4.69) is 30.4 Å². The van der Waals surface area contributed by atoms with Crippen molar-refractivity contribution in [2.45, 2.75) is 51.6 Å². The smallest absolute Gasteiger partial charge is 0.238 e. The number of carbonyl (C=O) groups excluding carboxylic acids is 1. The third-order valence-corrected chi connectivity index (χ3v) is 3.15. The van der Waals surface area contributed by atoms with Crippen molar-refractivity contribution in [3.8, 4) is 12.3 Å². The fourth-order valence-electron chi connectivity index (χ4n) is 2.15. The first kappa shape index (κ1) is 13.1. The van der Waals surface area contributed by atoms with Crippen LogP contribution in [0.25, 0.3) is 0 Å². The molecule has 3 atom stereocenters. The van der Waals surface area contributed by atoms with E-state index in [0.717, 1.165) is 32.2 Å². The van der Waals surface area contributed by atoms with Gasteiger partial charge in [0.2, 0.25) is 5.91 Å². The monoisotopic (exact) mass is 222 g/mol. The predicted molar refractivity (Wildman–Crippen MR) is 65.9 cm³/mol. The van der Waals surface area contributed by atoms with Gasteiger partial charge in [-0.1, -0.05) is 26.2 Å². The molecule has 1 aliphatic heterocycles. The summed E-state index contributed by atoms with van der Waals surface area (Å²) in [4.78, 5) is 12.0. The lowest BCUT2D eigenvalue weighted by molar-refractivity contribution is -0.125. The van der Waals surface area contributed by atoms with Crippen molar-refractivity contribution < 1.29 is 4.79 Å². The number of hydrogen-bond donors (Lipinski definition) is 2. The Bertz CT molecular complexity index is 270. The summed E-state index contributed by atoms with van der Waals surface area (Å²) in [7, 11) is 0. The van der Waals surface area contributed by atoms with Crippen LogP contribution in [0.15, 0.2) is 0 Å². The van der Waals surface area contributed by atoms with E-state index in [1.165, 1.54) is 0 Å². The molecular weight excluding hydrogens is 200 g/mol. The van der Waals surface area contributed by atoms with Gasteiger partial charge in [-0.15, -0.1) is 6.42 Å². The van der Waals surface area contributed by atoms with Gasteiger partial charge in [0.05, 0.1) is 12.1 Å². The summed E-state index contributed by atoms with van der Waals surface area (Å²) in [5.41, 5.74) is 0. The van der Waals surface area contributed by atoms with Gasteiger partial charge in [-0.05, 0) is 31.7 Å². The molecule has 1 aliphatic rings. The molecule has 0 saturated carbocycles. The Morgan fingerprint density at radius 2 is 2.44 bits per heavy atom. The van der Waals surface area contributed by atoms with Crippen LogP contribution in [0.5, 0.6) is 0 Å². The molecule has 0 bridgehead atoms. The molecular formula is C13H22N2O. The second kappa shape index (κ2) is 6.55. The molecule has 1 amide bonds. The fraction of sp³-hybridized carbons (Fsp3) is 0.769. The van der Waals surface area contributed by atoms with Crippen LogP contribution >= 0.6 is 0 Å². The molecule has 3 unspecified atom stereocenters. The molecule has 0 aliphatic carbocycles. The van der Waals surface area contributed by atoms with Gasteiger partial charge < -0.3 is 10.6 Å². The van der Waals surface area contributed by atoms with Crippen molar-refractivity contribution in [3.05, 3.63) is 0 Å². The third-order valence-electron chi connectivity index (χ3n) is 3.15. The van der Waals surface area contributed by atoms with E-state index < -0.39 is 0 Å². The molecule has 90 valence electrons. The number of hydrogen-bond acceptors (Lipinski definition) is 2. The first-order valence-corrected chi connectivity index (χ1v) is 6.19. The quantitative estimate of drug-likeness (QED) is 0.704. The lowest BCUT2D eigenvalue weighted by Gasteiger charge is -2.29. The van der Waals surface area contributed by atoms with Crippen molar-refractivity contribution in [1.82, 2.24) is 10.6 Å². The predicted octanol–water partition coefficient (Wildman–Crippen LogP) is 1.29. The molecule has 0 aromatic heterocycles. The van der Waals surface area contributed by atoms with E-state index in [1.807, 2.05) is 0 Å². The largest absolute Gasteiger partial charge is 0.341 e. The van der Waals surface area contributed by atoms with Gasteiger partial charge in [-0.3, -0.25) is 4.79 Å². The molecule has 1 fully saturated rings. The van der Waals surface area contributed by atoms with E-state index in [1.54, 1.807) is 0 Å². The van der Waals surface area contributed by atoms with Crippen LogP contribution in [0.3, 0.4) is 0 Å². The second-order valence-electron chi connectivity index (χ2n) is 4.57. The van der Waals surface area contributed by atoms with Crippen LogP contribution < -0.4 is 10.6 Å². The minimum atomic E-state index is -0.117. The SMILES string of the molecule is C#CC(CCC)NC(=O)C1NCCCC1C. The number of carbonyl (C=O) groups is 1. The normalized spacial score (nSPS) is 26.8. The highest BCUT2D eigenvalue weighted by Crippen LogP contribution is 2.15. The lowest BCUT2D eigenvalue weighted by Crippen LogP contribution is -2.52. The Morgan fingerprint density at radius 3 is 3.00 bits per heavy atom. The van der Waals surface area contributed by atoms with E-state index in [0.29, 0.717) is 5.92 Å². The highest BCUT2D eigenvalue weighted by molar-refractivity contribution is 5.82. The van der Waals surface area contributed by atoms with E-state index in [4.69, 9.17) is 6.42 Å². The average Bonchev–Trinajstić information content (AvgIpc) is 2.28. The van der Waals surface area contributed by atoms with Gasteiger partial charge in [0, 0.05) is 0 Å². The number of rotatable bonds is 4. The number of piperidine rings is 1. The molecule has 0 aromatic carbocycles. The van der Waals surface area contributed by atoms with Crippen molar-refractivity contribution in [2.24, 2.45) is 5.92 Å². The van der Waals surface area contributed by atoms with Crippen LogP contribution in [0.4, 0.5) is 0 Å². The standard InChI is InChI=1S/C13H22N2O/c1-4-7-11(5-2)15-13(16)12-10(3)8-6-9-14-12/h2,10-12,14H,4,6-9H2,1,3H3,(H,15,16). The first-order chi connectivity index (χ1) is 7.69. The number of amides is 1. The van der Waals surface area contributed by atoms with Crippen molar-refractivity contribution >= 4 is 5.91 Å². The minimum Gasteiger partial charge on any atom is -0.341 e. The van der Waals surface area contributed by atoms with Crippen LogP contribution in [0, 0.1) is 18.3 Å². The van der Waals surface area contributed by atoms with Crippen molar-refractivity contribution in [1.29, 1.82) is 0 Å². The van der Waals surface area contributed by atoms with E-state index >= 15 is 0 Å². The zero-order valence-electron chi connectivity index (χ0n) is 10.3. The van der Waals surface area contributed by atoms with Crippen LogP contribution in [-0.2, 0) is 4.79 Å². The van der Waals surface area contributed by atoms with Crippen molar-refractivity contribution in [2.75, 3.05) is 6.54 Å². The average molecular weight is 222 g/mol. The zero-order chi connectivity index (χ0) is 12.0. The van der Waals surface area contributed by atoms with E-state index in [9.17, 15) is 4.79 Å². The van der Waals surface area contributed by atoms with Crippen LogP contribution in [0.2, 0.25) is 0 Å². The topological polar surface area (TPSA) is 41.1 Å². The maximum Gasteiger partial charge on any atom is 0.238 e. The Kier molecular flexibility index (Phi) is 5.34. The molecule has 0 aromatic rings. The van der Waals surface area contributed by atoms with Gasteiger partial charge in [0.1, 0.15) is 0 Å². The molecule has 3 heteroatoms. The molecule has 1 heterocycles. The highest BCUT2D eigenvalue weighted by Gasteiger charge is 2.28. The maximum absolute atomic E-state index is 12.0. The Hall–Kier alpha value is -1.01. The van der Waals surface area contributed by atoms with Gasteiger partial charge in [-0.2, -0.15) is 0 Å². The number of nitrogens with one attached hydrogen (secondary N) is 2. The second-order valence-corrected chi connectivity index (χ2v) is 4.57. The molecule has 1 rings (SSSR count). The van der Waals surface area contributed by atoms with Crippen molar-refractivity contribution in [3.63, 3.8) is 0 Å². The zero-order valence-corrected chi connectivity index (χ0v) is 10.3. The van der Waals surface area contributed by atoms with E-state index in [-0.39, 0.29) is 18.0 Å². The van der Waals surface area contributed by atoms with Crippen LogP contribution in [0.1, 0.15) is 39.5 Å². The summed E-state index contributed by atoms with van der Waals surface area (Å²) >= 11 is 0. The summed E-state index contributed by atoms with van der Waals surface area (Å²) in [6.07, 6.45) is 9.49. The molecule has 1 saturated heterocycles. The lowest BCUT2D eigenvalue weighted by atomic mass is 9.92. The Morgan fingerprint density at radius 1 is 1.69 bits per heavy atom.